The summed E-state index contributed by atoms with van der Waals surface area (Å²) in [6.07, 6.45) is 1.35. The summed E-state index contributed by atoms with van der Waals surface area (Å²) in [4.78, 5) is 10.5. The lowest BCUT2D eigenvalue weighted by Crippen LogP contribution is -2.40. The van der Waals surface area contributed by atoms with Gasteiger partial charge in [0.05, 0.1) is 11.0 Å². The van der Waals surface area contributed by atoms with Crippen molar-refractivity contribution in [2.75, 3.05) is 26.2 Å². The van der Waals surface area contributed by atoms with Gasteiger partial charge in [-0.05, 0) is 54.7 Å². The Hall–Kier alpha value is -2.33. The van der Waals surface area contributed by atoms with Gasteiger partial charge in [0.1, 0.15) is 18.2 Å². The Morgan fingerprint density at radius 2 is 1.77 bits per heavy atom. The van der Waals surface area contributed by atoms with Crippen molar-refractivity contribution in [3.05, 3.63) is 48.5 Å². The molecule has 4 heteroatoms. The number of imidazole rings is 1. The Morgan fingerprint density at radius 1 is 1.04 bits per heavy atom. The lowest BCUT2D eigenvalue weighted by atomic mass is 9.92. The van der Waals surface area contributed by atoms with E-state index in [0.717, 1.165) is 53.2 Å². The van der Waals surface area contributed by atoms with E-state index in [-0.39, 0.29) is 0 Å². The summed E-state index contributed by atoms with van der Waals surface area (Å²) in [7, 11) is 0. The number of hydrogen-bond acceptors (Lipinski definition) is 3. The lowest BCUT2D eigenvalue weighted by Gasteiger charge is -2.34. The second-order valence-corrected chi connectivity index (χ2v) is 7.68. The molecule has 2 unspecified atom stereocenters. The molecule has 1 aromatic heterocycles. The van der Waals surface area contributed by atoms with Crippen LogP contribution in [0.25, 0.3) is 22.4 Å². The minimum atomic E-state index is 0.740. The molecule has 4 rings (SSSR count). The summed E-state index contributed by atoms with van der Waals surface area (Å²) in [5.74, 6) is 3.40. The van der Waals surface area contributed by atoms with Crippen molar-refractivity contribution in [1.29, 1.82) is 0 Å². The molecule has 2 aromatic carbocycles. The molecular formula is C22H27N3O. The molecule has 0 aliphatic carbocycles. The number of para-hydroxylation sites is 2. The van der Waals surface area contributed by atoms with Crippen molar-refractivity contribution < 1.29 is 4.74 Å². The van der Waals surface area contributed by atoms with Crippen LogP contribution in [0.15, 0.2) is 48.5 Å². The number of hydrogen-bond donors (Lipinski definition) is 1. The van der Waals surface area contributed by atoms with E-state index in [1.54, 1.807) is 0 Å². The number of piperidine rings is 1. The molecule has 0 spiro atoms. The van der Waals surface area contributed by atoms with E-state index in [1.165, 1.54) is 19.5 Å². The summed E-state index contributed by atoms with van der Waals surface area (Å²) in [6.45, 7) is 8.82. The van der Waals surface area contributed by atoms with Crippen LogP contribution in [0.5, 0.6) is 5.75 Å². The molecule has 2 heterocycles. The third-order valence-electron chi connectivity index (χ3n) is 5.14. The Kier molecular flexibility index (Phi) is 4.93. The van der Waals surface area contributed by atoms with Gasteiger partial charge in [0.15, 0.2) is 0 Å². The molecule has 4 nitrogen and oxygen atoms in total. The fourth-order valence-corrected chi connectivity index (χ4v) is 4.07. The minimum Gasteiger partial charge on any atom is -0.492 e. The van der Waals surface area contributed by atoms with Crippen molar-refractivity contribution >= 4 is 11.0 Å². The smallest absolute Gasteiger partial charge is 0.138 e. The molecule has 1 aliphatic heterocycles. The highest BCUT2D eigenvalue weighted by atomic mass is 16.5. The van der Waals surface area contributed by atoms with Crippen molar-refractivity contribution in [2.45, 2.75) is 20.3 Å². The van der Waals surface area contributed by atoms with E-state index >= 15 is 0 Å². The number of nitrogens with zero attached hydrogens (tertiary/aromatic N) is 2. The predicted octanol–water partition coefficient (Wildman–Crippen LogP) is 4.59. The van der Waals surface area contributed by atoms with Crippen LogP contribution in [-0.2, 0) is 0 Å². The summed E-state index contributed by atoms with van der Waals surface area (Å²) < 4.78 is 5.96. The number of ether oxygens (including phenoxy) is 1. The molecule has 1 fully saturated rings. The molecule has 3 aromatic rings. The van der Waals surface area contributed by atoms with Crippen molar-refractivity contribution in [1.82, 2.24) is 14.9 Å². The number of aromatic amines is 1. The van der Waals surface area contributed by atoms with E-state index < -0.39 is 0 Å². The normalized spacial score (nSPS) is 21.2. The van der Waals surface area contributed by atoms with E-state index in [9.17, 15) is 0 Å². The van der Waals surface area contributed by atoms with Gasteiger partial charge in [-0.25, -0.2) is 4.98 Å². The maximum atomic E-state index is 5.96. The van der Waals surface area contributed by atoms with Crippen molar-refractivity contribution in [3.8, 4) is 17.1 Å². The van der Waals surface area contributed by atoms with Gasteiger partial charge < -0.3 is 9.72 Å². The van der Waals surface area contributed by atoms with Gasteiger partial charge in [-0.3, -0.25) is 4.90 Å². The molecule has 1 saturated heterocycles. The monoisotopic (exact) mass is 349 g/mol. The quantitative estimate of drug-likeness (QED) is 0.733. The molecule has 1 N–H and O–H groups in total. The highest BCUT2D eigenvalue weighted by Gasteiger charge is 2.21. The largest absolute Gasteiger partial charge is 0.492 e. The summed E-state index contributed by atoms with van der Waals surface area (Å²) in [5.41, 5.74) is 3.13. The van der Waals surface area contributed by atoms with Crippen LogP contribution >= 0.6 is 0 Å². The minimum absolute atomic E-state index is 0.740. The highest BCUT2D eigenvalue weighted by Crippen LogP contribution is 2.23. The molecule has 0 amide bonds. The average molecular weight is 349 g/mol. The number of fused-ring (bicyclic) bond motifs is 1. The molecule has 0 saturated carbocycles. The van der Waals surface area contributed by atoms with Crippen LogP contribution in [0.4, 0.5) is 0 Å². The number of H-pyrrole nitrogens is 1. The molecular weight excluding hydrogens is 322 g/mol. The maximum absolute atomic E-state index is 5.96. The molecule has 2 atom stereocenters. The highest BCUT2D eigenvalue weighted by molar-refractivity contribution is 5.79. The average Bonchev–Trinajstić information content (AvgIpc) is 3.06. The van der Waals surface area contributed by atoms with Gasteiger partial charge in [-0.2, -0.15) is 0 Å². The molecule has 0 bridgehead atoms. The number of rotatable bonds is 5. The van der Waals surface area contributed by atoms with Gasteiger partial charge in [-0.1, -0.05) is 26.0 Å². The van der Waals surface area contributed by atoms with Gasteiger partial charge in [0.25, 0.3) is 0 Å². The third-order valence-corrected chi connectivity index (χ3v) is 5.14. The second-order valence-electron chi connectivity index (χ2n) is 7.68. The predicted molar refractivity (Wildman–Crippen MR) is 106 cm³/mol. The lowest BCUT2D eigenvalue weighted by molar-refractivity contribution is 0.120. The SMILES string of the molecule is CC1CC(C)CN(CCOc2ccc(-c3nc4ccccc4[nH]3)cc2)C1. The first-order chi connectivity index (χ1) is 12.7. The zero-order valence-corrected chi connectivity index (χ0v) is 15.6. The van der Waals surface area contributed by atoms with Crippen LogP contribution in [0.1, 0.15) is 20.3 Å². The zero-order valence-electron chi connectivity index (χ0n) is 15.6. The Balaban J connectivity index is 1.34. The van der Waals surface area contributed by atoms with Gasteiger partial charge >= 0.3 is 0 Å². The zero-order chi connectivity index (χ0) is 17.9. The summed E-state index contributed by atoms with van der Waals surface area (Å²) in [5, 5.41) is 0. The van der Waals surface area contributed by atoms with Crippen LogP contribution in [0.3, 0.4) is 0 Å². The first-order valence-corrected chi connectivity index (χ1v) is 9.58. The van der Waals surface area contributed by atoms with E-state index in [1.807, 2.05) is 36.4 Å². The molecule has 0 radical (unpaired) electrons. The molecule has 26 heavy (non-hydrogen) atoms. The first-order valence-electron chi connectivity index (χ1n) is 9.58. The van der Waals surface area contributed by atoms with Gasteiger partial charge in [-0.15, -0.1) is 0 Å². The number of nitrogens with one attached hydrogen (secondary N) is 1. The number of aromatic nitrogens is 2. The number of likely N-dealkylation sites (tertiary alicyclic amines) is 1. The van der Waals surface area contributed by atoms with Gasteiger partial charge in [0.2, 0.25) is 0 Å². The summed E-state index contributed by atoms with van der Waals surface area (Å²) in [6, 6.07) is 16.3. The van der Waals surface area contributed by atoms with Crippen molar-refractivity contribution in [3.63, 3.8) is 0 Å². The molecule has 1 aliphatic rings. The third kappa shape index (κ3) is 3.91. The summed E-state index contributed by atoms with van der Waals surface area (Å²) >= 11 is 0. The van der Waals surface area contributed by atoms with E-state index in [2.05, 4.69) is 40.8 Å². The van der Waals surface area contributed by atoms with Crippen LogP contribution in [0.2, 0.25) is 0 Å². The van der Waals surface area contributed by atoms with Gasteiger partial charge in [0, 0.05) is 25.2 Å². The maximum Gasteiger partial charge on any atom is 0.138 e. The fourth-order valence-electron chi connectivity index (χ4n) is 4.07. The van der Waals surface area contributed by atoms with E-state index in [4.69, 9.17) is 4.74 Å². The Labute approximate surface area is 155 Å². The van der Waals surface area contributed by atoms with Crippen LogP contribution in [0, 0.1) is 11.8 Å². The Morgan fingerprint density at radius 3 is 2.50 bits per heavy atom. The van der Waals surface area contributed by atoms with E-state index in [0.29, 0.717) is 0 Å². The second kappa shape index (κ2) is 7.50. The van der Waals surface area contributed by atoms with Crippen molar-refractivity contribution in [2.24, 2.45) is 11.8 Å². The first kappa shape index (κ1) is 17.1. The topological polar surface area (TPSA) is 41.1 Å². The van der Waals surface area contributed by atoms with Crippen LogP contribution in [-0.4, -0.2) is 41.1 Å². The van der Waals surface area contributed by atoms with Crippen LogP contribution < -0.4 is 4.74 Å². The standard InChI is InChI=1S/C22H27N3O/c1-16-13-17(2)15-25(14-16)11-12-26-19-9-7-18(8-10-19)22-23-20-5-3-4-6-21(20)24-22/h3-10,16-17H,11-15H2,1-2H3,(H,23,24). The Bertz CT molecular complexity index is 812. The number of benzene rings is 2. The fraction of sp³-hybridized carbons (Fsp3) is 0.409. The molecule has 136 valence electrons.